The van der Waals surface area contributed by atoms with Gasteiger partial charge < -0.3 is 14.5 Å². The maximum Gasteiger partial charge on any atom is 0.137 e. The molecule has 3 heterocycles. The van der Waals surface area contributed by atoms with Gasteiger partial charge in [0.15, 0.2) is 0 Å². The molecule has 0 spiro atoms. The lowest BCUT2D eigenvalue weighted by molar-refractivity contribution is 0.281. The molecule has 0 atom stereocenters. The fourth-order valence-corrected chi connectivity index (χ4v) is 3.78. The molecular formula is C23H30N4O. The van der Waals surface area contributed by atoms with E-state index in [1.807, 2.05) is 0 Å². The molecule has 0 aliphatic carbocycles. The second kappa shape index (κ2) is 8.76. The highest BCUT2D eigenvalue weighted by molar-refractivity contribution is 5.67. The monoisotopic (exact) mass is 378 g/mol. The maximum atomic E-state index is 5.75. The highest BCUT2D eigenvalue weighted by Crippen LogP contribution is 2.28. The molecular weight excluding hydrogens is 348 g/mol. The molecule has 3 aromatic rings. The van der Waals surface area contributed by atoms with Crippen molar-refractivity contribution in [3.05, 3.63) is 53.9 Å². The molecule has 5 heteroatoms. The van der Waals surface area contributed by atoms with Crippen LogP contribution in [0.15, 0.2) is 42.6 Å². The summed E-state index contributed by atoms with van der Waals surface area (Å²) in [5.41, 5.74) is 5.74. The van der Waals surface area contributed by atoms with Gasteiger partial charge in [0.1, 0.15) is 11.4 Å². The van der Waals surface area contributed by atoms with E-state index in [2.05, 4.69) is 71.1 Å². The number of hydrogen-bond acceptors (Lipinski definition) is 4. The second-order valence-electron chi connectivity index (χ2n) is 7.59. The zero-order valence-corrected chi connectivity index (χ0v) is 16.9. The molecule has 2 aromatic heterocycles. The van der Waals surface area contributed by atoms with Crippen molar-refractivity contribution in [2.75, 3.05) is 32.8 Å². The number of aromatic nitrogens is 2. The lowest BCUT2D eigenvalue weighted by atomic mass is 10.1. The van der Waals surface area contributed by atoms with Gasteiger partial charge in [-0.3, -0.25) is 4.90 Å². The van der Waals surface area contributed by atoms with E-state index in [0.717, 1.165) is 68.4 Å². The molecule has 148 valence electrons. The Bertz CT molecular complexity index is 908. The average molecular weight is 379 g/mol. The zero-order chi connectivity index (χ0) is 19.3. The summed E-state index contributed by atoms with van der Waals surface area (Å²) in [7, 11) is 0. The highest BCUT2D eigenvalue weighted by Gasteiger charge is 2.18. The molecule has 5 nitrogen and oxygen atoms in total. The molecule has 1 aliphatic rings. The first-order chi connectivity index (χ1) is 13.7. The molecule has 0 radical (unpaired) electrons. The first-order valence-corrected chi connectivity index (χ1v) is 10.4. The van der Waals surface area contributed by atoms with Crippen molar-refractivity contribution >= 4 is 5.65 Å². The van der Waals surface area contributed by atoms with Gasteiger partial charge in [0.2, 0.25) is 0 Å². The minimum absolute atomic E-state index is 0.751. The van der Waals surface area contributed by atoms with Crippen LogP contribution in [-0.2, 0) is 6.54 Å². The summed E-state index contributed by atoms with van der Waals surface area (Å²) in [5.74, 6) is 0.922. The highest BCUT2D eigenvalue weighted by atomic mass is 16.5. The summed E-state index contributed by atoms with van der Waals surface area (Å²) in [6.45, 7) is 10.3. The number of benzene rings is 1. The molecule has 1 fully saturated rings. The van der Waals surface area contributed by atoms with Crippen molar-refractivity contribution in [3.8, 4) is 17.0 Å². The van der Waals surface area contributed by atoms with Gasteiger partial charge in [-0.1, -0.05) is 13.0 Å². The normalized spacial score (nSPS) is 15.6. The number of rotatable bonds is 6. The van der Waals surface area contributed by atoms with Crippen molar-refractivity contribution in [2.45, 2.75) is 33.2 Å². The van der Waals surface area contributed by atoms with Gasteiger partial charge in [-0.05, 0) is 68.8 Å². The molecule has 4 rings (SSSR count). The number of ether oxygens (including phenoxy) is 1. The third-order valence-electron chi connectivity index (χ3n) is 5.27. The molecule has 0 amide bonds. The largest absolute Gasteiger partial charge is 0.494 e. The maximum absolute atomic E-state index is 5.75. The van der Waals surface area contributed by atoms with Crippen molar-refractivity contribution < 1.29 is 4.74 Å². The van der Waals surface area contributed by atoms with Crippen LogP contribution in [0.5, 0.6) is 5.75 Å². The predicted octanol–water partition coefficient (Wildman–Crippen LogP) is 3.89. The van der Waals surface area contributed by atoms with Crippen LogP contribution in [0.25, 0.3) is 16.9 Å². The lowest BCUT2D eigenvalue weighted by Crippen LogP contribution is -2.28. The Morgan fingerprint density at radius 3 is 2.75 bits per heavy atom. The molecule has 28 heavy (non-hydrogen) atoms. The van der Waals surface area contributed by atoms with Crippen LogP contribution in [0.4, 0.5) is 0 Å². The first-order valence-electron chi connectivity index (χ1n) is 10.4. The fourth-order valence-electron chi connectivity index (χ4n) is 3.78. The lowest BCUT2D eigenvalue weighted by Gasteiger charge is -2.20. The molecule has 0 unspecified atom stereocenters. The third kappa shape index (κ3) is 4.21. The number of hydrogen-bond donors (Lipinski definition) is 1. The van der Waals surface area contributed by atoms with Crippen molar-refractivity contribution in [3.63, 3.8) is 0 Å². The summed E-state index contributed by atoms with van der Waals surface area (Å²) in [5, 5.41) is 3.49. The first kappa shape index (κ1) is 19.0. The van der Waals surface area contributed by atoms with E-state index in [1.54, 1.807) is 0 Å². The average Bonchev–Trinajstić information content (AvgIpc) is 2.88. The van der Waals surface area contributed by atoms with Crippen LogP contribution < -0.4 is 10.1 Å². The van der Waals surface area contributed by atoms with Crippen LogP contribution in [-0.4, -0.2) is 47.1 Å². The van der Waals surface area contributed by atoms with Gasteiger partial charge in [-0.15, -0.1) is 0 Å². The smallest absolute Gasteiger partial charge is 0.137 e. The van der Waals surface area contributed by atoms with E-state index in [-0.39, 0.29) is 0 Å². The number of nitrogens with zero attached hydrogens (tertiary/aromatic N) is 3. The minimum atomic E-state index is 0.751. The van der Waals surface area contributed by atoms with E-state index in [9.17, 15) is 0 Å². The predicted molar refractivity (Wildman–Crippen MR) is 114 cm³/mol. The Morgan fingerprint density at radius 2 is 1.93 bits per heavy atom. The minimum Gasteiger partial charge on any atom is -0.494 e. The van der Waals surface area contributed by atoms with Crippen molar-refractivity contribution in [2.24, 2.45) is 0 Å². The van der Waals surface area contributed by atoms with Crippen molar-refractivity contribution in [1.29, 1.82) is 0 Å². The van der Waals surface area contributed by atoms with Gasteiger partial charge in [-0.2, -0.15) is 0 Å². The van der Waals surface area contributed by atoms with Crippen LogP contribution in [0.3, 0.4) is 0 Å². The number of aryl methyl sites for hydroxylation is 1. The van der Waals surface area contributed by atoms with Gasteiger partial charge in [-0.25, -0.2) is 4.98 Å². The van der Waals surface area contributed by atoms with Gasteiger partial charge in [0.25, 0.3) is 0 Å². The van der Waals surface area contributed by atoms with Crippen LogP contribution in [0.2, 0.25) is 0 Å². The number of imidazole rings is 1. The van der Waals surface area contributed by atoms with E-state index < -0.39 is 0 Å². The summed E-state index contributed by atoms with van der Waals surface area (Å²) >= 11 is 0. The third-order valence-corrected chi connectivity index (χ3v) is 5.27. The zero-order valence-electron chi connectivity index (χ0n) is 16.9. The second-order valence-corrected chi connectivity index (χ2v) is 7.59. The van der Waals surface area contributed by atoms with Gasteiger partial charge in [0.05, 0.1) is 18.0 Å². The quantitative estimate of drug-likeness (QED) is 0.706. The summed E-state index contributed by atoms with van der Waals surface area (Å²) < 4.78 is 8.01. The van der Waals surface area contributed by atoms with Crippen LogP contribution in [0, 0.1) is 6.92 Å². The Labute approximate surface area is 167 Å². The summed E-state index contributed by atoms with van der Waals surface area (Å²) in [6.07, 6.45) is 4.41. The molecule has 1 saturated heterocycles. The Balaban J connectivity index is 1.70. The van der Waals surface area contributed by atoms with Crippen molar-refractivity contribution in [1.82, 2.24) is 19.6 Å². The fraction of sp³-hybridized carbons (Fsp3) is 0.435. The van der Waals surface area contributed by atoms with E-state index in [1.165, 1.54) is 17.7 Å². The summed E-state index contributed by atoms with van der Waals surface area (Å²) in [6, 6.07) is 12.6. The number of fused-ring (bicyclic) bond motifs is 1. The number of nitrogens with one attached hydrogen (secondary N) is 1. The molecule has 1 N–H and O–H groups in total. The molecule has 0 saturated carbocycles. The van der Waals surface area contributed by atoms with E-state index in [4.69, 9.17) is 9.72 Å². The van der Waals surface area contributed by atoms with Gasteiger partial charge in [0, 0.05) is 31.4 Å². The Hall–Kier alpha value is -2.37. The molecule has 1 aliphatic heterocycles. The van der Waals surface area contributed by atoms with Crippen LogP contribution >= 0.6 is 0 Å². The number of pyridine rings is 1. The van der Waals surface area contributed by atoms with E-state index >= 15 is 0 Å². The topological polar surface area (TPSA) is 41.8 Å². The SMILES string of the molecule is CCCOc1ccc(-c2nc3ccc(C)cn3c2CN2CCCNCC2)cc1. The molecule has 1 aromatic carbocycles. The standard InChI is InChI=1S/C23H30N4O/c1-3-15-28-20-8-6-19(7-9-20)23-21(17-26-13-4-11-24-12-14-26)27-16-18(2)5-10-22(27)25-23/h5-10,16,24H,3-4,11-15,17H2,1-2H3. The van der Waals surface area contributed by atoms with Gasteiger partial charge >= 0.3 is 0 Å². The van der Waals surface area contributed by atoms with Crippen LogP contribution in [0.1, 0.15) is 31.0 Å². The Morgan fingerprint density at radius 1 is 1.07 bits per heavy atom. The van der Waals surface area contributed by atoms with E-state index in [0.29, 0.717) is 0 Å². The summed E-state index contributed by atoms with van der Waals surface area (Å²) in [4.78, 5) is 7.52. The molecule has 0 bridgehead atoms. The Kier molecular flexibility index (Phi) is 5.93.